The minimum Gasteiger partial charge on any atom is -0.364 e. The summed E-state index contributed by atoms with van der Waals surface area (Å²) in [4.78, 5) is 7.37. The van der Waals surface area contributed by atoms with Gasteiger partial charge in [0, 0.05) is 41.8 Å². The maximum absolute atomic E-state index is 4.31. The molecule has 112 valence electrons. The van der Waals surface area contributed by atoms with Crippen LogP contribution in [0, 0.1) is 0 Å². The van der Waals surface area contributed by atoms with Gasteiger partial charge in [0.05, 0.1) is 0 Å². The molecule has 0 saturated carbocycles. The Morgan fingerprint density at radius 1 is 0.826 bits per heavy atom. The standard InChI is InChI=1S/C18H15N5/c1-2-4-13(5-3-1)10-16-11-15(12-20-16)18-17(21-23-22-18)14-6-8-19-9-7-14/h1-9,11-12,20H,10H2,(H,21,22,23). The molecule has 1 aromatic carbocycles. The average molecular weight is 301 g/mol. The first-order valence-electron chi connectivity index (χ1n) is 7.43. The van der Waals surface area contributed by atoms with Crippen LogP contribution in [0.15, 0.2) is 67.1 Å². The summed E-state index contributed by atoms with van der Waals surface area (Å²) in [6.07, 6.45) is 6.35. The SMILES string of the molecule is c1ccc(Cc2cc(-c3n[nH]nc3-c3ccncc3)c[nH]2)cc1. The molecule has 4 rings (SSSR count). The number of nitrogens with zero attached hydrogens (tertiary/aromatic N) is 3. The van der Waals surface area contributed by atoms with E-state index in [4.69, 9.17) is 0 Å². The fourth-order valence-corrected chi connectivity index (χ4v) is 2.64. The highest BCUT2D eigenvalue weighted by Gasteiger charge is 2.13. The third kappa shape index (κ3) is 2.76. The van der Waals surface area contributed by atoms with E-state index in [0.717, 1.165) is 34.6 Å². The van der Waals surface area contributed by atoms with Gasteiger partial charge in [-0.3, -0.25) is 4.98 Å². The van der Waals surface area contributed by atoms with Gasteiger partial charge in [0.2, 0.25) is 0 Å². The third-order valence-corrected chi connectivity index (χ3v) is 3.76. The first-order chi connectivity index (χ1) is 11.4. The van der Waals surface area contributed by atoms with Crippen molar-refractivity contribution in [2.75, 3.05) is 0 Å². The first kappa shape index (κ1) is 13.5. The van der Waals surface area contributed by atoms with Crippen LogP contribution in [0.25, 0.3) is 22.5 Å². The predicted molar refractivity (Wildman–Crippen MR) is 88.6 cm³/mol. The predicted octanol–water partition coefficient (Wildman–Crippen LogP) is 3.45. The monoisotopic (exact) mass is 301 g/mol. The number of pyridine rings is 1. The van der Waals surface area contributed by atoms with Crippen LogP contribution in [0.1, 0.15) is 11.3 Å². The molecule has 0 spiro atoms. The van der Waals surface area contributed by atoms with Crippen LogP contribution in [0.5, 0.6) is 0 Å². The van der Waals surface area contributed by atoms with Crippen molar-refractivity contribution in [3.05, 3.63) is 78.4 Å². The van der Waals surface area contributed by atoms with Crippen molar-refractivity contribution in [1.82, 2.24) is 25.4 Å². The fraction of sp³-hybridized carbons (Fsp3) is 0.0556. The number of H-pyrrole nitrogens is 2. The normalized spacial score (nSPS) is 10.8. The van der Waals surface area contributed by atoms with Crippen molar-refractivity contribution < 1.29 is 0 Å². The average Bonchev–Trinajstić information content (AvgIpc) is 3.25. The number of benzene rings is 1. The first-order valence-corrected chi connectivity index (χ1v) is 7.43. The molecule has 0 unspecified atom stereocenters. The van der Waals surface area contributed by atoms with Crippen molar-refractivity contribution in [2.24, 2.45) is 0 Å². The molecule has 0 amide bonds. The maximum Gasteiger partial charge on any atom is 0.122 e. The lowest BCUT2D eigenvalue weighted by atomic mass is 10.1. The number of hydrogen-bond acceptors (Lipinski definition) is 3. The Hall–Kier alpha value is -3.21. The lowest BCUT2D eigenvalue weighted by molar-refractivity contribution is 0.944. The summed E-state index contributed by atoms with van der Waals surface area (Å²) < 4.78 is 0. The van der Waals surface area contributed by atoms with E-state index < -0.39 is 0 Å². The quantitative estimate of drug-likeness (QED) is 0.606. The molecule has 0 aliphatic heterocycles. The van der Waals surface area contributed by atoms with Crippen LogP contribution in [0.3, 0.4) is 0 Å². The third-order valence-electron chi connectivity index (χ3n) is 3.76. The van der Waals surface area contributed by atoms with Crippen LogP contribution in [-0.4, -0.2) is 25.4 Å². The molecule has 0 aliphatic rings. The van der Waals surface area contributed by atoms with Gasteiger partial charge >= 0.3 is 0 Å². The molecular weight excluding hydrogens is 286 g/mol. The summed E-state index contributed by atoms with van der Waals surface area (Å²) >= 11 is 0. The molecule has 0 radical (unpaired) electrons. The van der Waals surface area contributed by atoms with E-state index in [-0.39, 0.29) is 0 Å². The molecule has 4 aromatic rings. The van der Waals surface area contributed by atoms with Gasteiger partial charge in [0.25, 0.3) is 0 Å². The van der Waals surface area contributed by atoms with Gasteiger partial charge in [-0.15, -0.1) is 0 Å². The van der Waals surface area contributed by atoms with E-state index in [9.17, 15) is 0 Å². The molecule has 0 saturated heterocycles. The van der Waals surface area contributed by atoms with Crippen molar-refractivity contribution in [3.63, 3.8) is 0 Å². The van der Waals surface area contributed by atoms with E-state index in [1.807, 2.05) is 24.4 Å². The van der Waals surface area contributed by atoms with Crippen molar-refractivity contribution in [2.45, 2.75) is 6.42 Å². The summed E-state index contributed by atoms with van der Waals surface area (Å²) in [5.74, 6) is 0. The molecule has 2 N–H and O–H groups in total. The highest BCUT2D eigenvalue weighted by molar-refractivity contribution is 5.77. The molecule has 0 bridgehead atoms. The summed E-state index contributed by atoms with van der Waals surface area (Å²) in [7, 11) is 0. The van der Waals surface area contributed by atoms with E-state index >= 15 is 0 Å². The summed E-state index contributed by atoms with van der Waals surface area (Å²) in [6.45, 7) is 0. The molecule has 0 atom stereocenters. The lowest BCUT2D eigenvalue weighted by Gasteiger charge is -1.98. The van der Waals surface area contributed by atoms with Gasteiger partial charge in [-0.2, -0.15) is 15.4 Å². The Morgan fingerprint density at radius 2 is 1.57 bits per heavy atom. The van der Waals surface area contributed by atoms with Crippen molar-refractivity contribution in [3.8, 4) is 22.5 Å². The molecular formula is C18H15N5. The second kappa shape index (κ2) is 5.88. The minimum atomic E-state index is 0.831. The van der Waals surface area contributed by atoms with E-state index in [0.29, 0.717) is 0 Å². The van der Waals surface area contributed by atoms with Crippen LogP contribution in [0.2, 0.25) is 0 Å². The molecule has 5 heteroatoms. The summed E-state index contributed by atoms with van der Waals surface area (Å²) in [6, 6.07) is 16.4. The topological polar surface area (TPSA) is 70.2 Å². The number of hydrogen-bond donors (Lipinski definition) is 2. The molecule has 5 nitrogen and oxygen atoms in total. The van der Waals surface area contributed by atoms with E-state index in [2.05, 4.69) is 55.7 Å². The number of aromatic amines is 2. The summed E-state index contributed by atoms with van der Waals surface area (Å²) in [5.41, 5.74) is 6.11. The molecule has 0 fully saturated rings. The van der Waals surface area contributed by atoms with E-state index in [1.165, 1.54) is 5.56 Å². The Kier molecular flexibility index (Phi) is 3.44. The van der Waals surface area contributed by atoms with Crippen LogP contribution < -0.4 is 0 Å². The zero-order valence-electron chi connectivity index (χ0n) is 12.4. The summed E-state index contributed by atoms with van der Waals surface area (Å²) in [5, 5.41) is 11.3. The Labute approximate surface area is 133 Å². The second-order valence-electron chi connectivity index (χ2n) is 5.33. The zero-order valence-corrected chi connectivity index (χ0v) is 12.4. The molecule has 0 aliphatic carbocycles. The number of rotatable bonds is 4. The van der Waals surface area contributed by atoms with Gasteiger partial charge < -0.3 is 4.98 Å². The van der Waals surface area contributed by atoms with E-state index in [1.54, 1.807) is 12.4 Å². The van der Waals surface area contributed by atoms with Crippen LogP contribution in [-0.2, 0) is 6.42 Å². The Morgan fingerprint density at radius 3 is 2.35 bits per heavy atom. The number of nitrogens with one attached hydrogen (secondary N) is 2. The lowest BCUT2D eigenvalue weighted by Crippen LogP contribution is -1.86. The van der Waals surface area contributed by atoms with Gasteiger partial charge in [0.15, 0.2) is 0 Å². The van der Waals surface area contributed by atoms with Gasteiger partial charge in [0.1, 0.15) is 11.4 Å². The van der Waals surface area contributed by atoms with Crippen LogP contribution in [0.4, 0.5) is 0 Å². The Bertz CT molecular complexity index is 893. The second-order valence-corrected chi connectivity index (χ2v) is 5.33. The molecule has 3 aromatic heterocycles. The zero-order chi connectivity index (χ0) is 15.5. The van der Waals surface area contributed by atoms with Crippen LogP contribution >= 0.6 is 0 Å². The maximum atomic E-state index is 4.31. The smallest absolute Gasteiger partial charge is 0.122 e. The molecule has 23 heavy (non-hydrogen) atoms. The van der Waals surface area contributed by atoms with Gasteiger partial charge in [-0.05, 0) is 23.8 Å². The minimum absolute atomic E-state index is 0.831. The molecule has 3 heterocycles. The highest BCUT2D eigenvalue weighted by Crippen LogP contribution is 2.28. The number of aromatic nitrogens is 5. The largest absolute Gasteiger partial charge is 0.364 e. The highest BCUT2D eigenvalue weighted by atomic mass is 15.3. The van der Waals surface area contributed by atoms with Crippen molar-refractivity contribution in [1.29, 1.82) is 0 Å². The van der Waals surface area contributed by atoms with Gasteiger partial charge in [-0.25, -0.2) is 0 Å². The Balaban J connectivity index is 1.64. The van der Waals surface area contributed by atoms with Gasteiger partial charge in [-0.1, -0.05) is 30.3 Å². The fourth-order valence-electron chi connectivity index (χ4n) is 2.64. The van der Waals surface area contributed by atoms with Crippen molar-refractivity contribution >= 4 is 0 Å².